The van der Waals surface area contributed by atoms with Gasteiger partial charge in [0.25, 0.3) is 0 Å². The maximum atomic E-state index is 4.21. The molecule has 0 fully saturated rings. The minimum absolute atomic E-state index is 0.323. The highest BCUT2D eigenvalue weighted by Crippen LogP contribution is 2.23. The Labute approximate surface area is 125 Å². The van der Waals surface area contributed by atoms with Crippen LogP contribution in [0.15, 0.2) is 67.0 Å². The maximum absolute atomic E-state index is 4.21. The van der Waals surface area contributed by atoms with Crippen LogP contribution < -0.4 is 5.32 Å². The number of rotatable bonds is 5. The summed E-state index contributed by atoms with van der Waals surface area (Å²) in [5.74, 6) is 0. The molecule has 1 unspecified atom stereocenters. The standard InChI is InChI=1S/C19H20N2/c1-2-21-19(12-15-6-5-11-20-14-15)18-10-9-16-7-3-4-8-17(16)13-18/h3-11,13-14,19,21H,2,12H2,1H3. The van der Waals surface area contributed by atoms with Crippen LogP contribution in [0.1, 0.15) is 24.1 Å². The summed E-state index contributed by atoms with van der Waals surface area (Å²) >= 11 is 0. The molecule has 0 spiro atoms. The molecular formula is C19H20N2. The van der Waals surface area contributed by atoms with E-state index in [-0.39, 0.29) is 0 Å². The van der Waals surface area contributed by atoms with Crippen molar-refractivity contribution in [2.45, 2.75) is 19.4 Å². The quantitative estimate of drug-likeness (QED) is 0.758. The zero-order valence-electron chi connectivity index (χ0n) is 12.3. The van der Waals surface area contributed by atoms with Gasteiger partial charge in [-0.05, 0) is 47.0 Å². The molecule has 1 aromatic heterocycles. The lowest BCUT2D eigenvalue weighted by Crippen LogP contribution is -2.23. The Kier molecular flexibility index (Phi) is 4.27. The average molecular weight is 276 g/mol. The molecule has 21 heavy (non-hydrogen) atoms. The molecule has 3 rings (SSSR count). The molecule has 1 heterocycles. The summed E-state index contributed by atoms with van der Waals surface area (Å²) in [7, 11) is 0. The van der Waals surface area contributed by atoms with Crippen LogP contribution >= 0.6 is 0 Å². The summed E-state index contributed by atoms with van der Waals surface area (Å²) in [6.07, 6.45) is 4.73. The number of hydrogen-bond acceptors (Lipinski definition) is 2. The zero-order chi connectivity index (χ0) is 14.5. The van der Waals surface area contributed by atoms with Crippen molar-refractivity contribution in [3.05, 3.63) is 78.1 Å². The lowest BCUT2D eigenvalue weighted by atomic mass is 9.97. The van der Waals surface area contributed by atoms with Crippen molar-refractivity contribution >= 4 is 10.8 Å². The van der Waals surface area contributed by atoms with Gasteiger partial charge in [-0.15, -0.1) is 0 Å². The van der Waals surface area contributed by atoms with E-state index in [4.69, 9.17) is 0 Å². The van der Waals surface area contributed by atoms with E-state index in [2.05, 4.69) is 65.8 Å². The van der Waals surface area contributed by atoms with E-state index in [9.17, 15) is 0 Å². The fourth-order valence-electron chi connectivity index (χ4n) is 2.73. The molecule has 1 atom stereocenters. The van der Waals surface area contributed by atoms with Crippen LogP contribution in [-0.2, 0) is 6.42 Å². The van der Waals surface area contributed by atoms with Crippen LogP contribution in [0.4, 0.5) is 0 Å². The molecule has 2 heteroatoms. The van der Waals surface area contributed by atoms with E-state index >= 15 is 0 Å². The van der Waals surface area contributed by atoms with Crippen LogP contribution in [0.2, 0.25) is 0 Å². The van der Waals surface area contributed by atoms with Crippen LogP contribution in [0, 0.1) is 0 Å². The Hall–Kier alpha value is -2.19. The van der Waals surface area contributed by atoms with Gasteiger partial charge in [-0.2, -0.15) is 0 Å². The van der Waals surface area contributed by atoms with Gasteiger partial charge in [0, 0.05) is 18.4 Å². The second-order valence-corrected chi connectivity index (χ2v) is 5.28. The summed E-state index contributed by atoms with van der Waals surface area (Å²) in [4.78, 5) is 4.21. The Morgan fingerprint density at radius 3 is 2.62 bits per heavy atom. The normalized spacial score (nSPS) is 12.4. The molecule has 106 valence electrons. The zero-order valence-corrected chi connectivity index (χ0v) is 12.3. The van der Waals surface area contributed by atoms with Gasteiger partial charge in [0.15, 0.2) is 0 Å². The van der Waals surface area contributed by atoms with Gasteiger partial charge >= 0.3 is 0 Å². The highest BCUT2D eigenvalue weighted by Gasteiger charge is 2.11. The fraction of sp³-hybridized carbons (Fsp3) is 0.211. The van der Waals surface area contributed by atoms with Gasteiger partial charge in [0.05, 0.1) is 0 Å². The van der Waals surface area contributed by atoms with Crippen molar-refractivity contribution in [1.82, 2.24) is 10.3 Å². The molecule has 0 aliphatic heterocycles. The lowest BCUT2D eigenvalue weighted by molar-refractivity contribution is 0.549. The third kappa shape index (κ3) is 3.29. The SMILES string of the molecule is CCNC(Cc1cccnc1)c1ccc2ccccc2c1. The molecule has 2 nitrogen and oxygen atoms in total. The van der Waals surface area contributed by atoms with Crippen molar-refractivity contribution in [2.24, 2.45) is 0 Å². The summed E-state index contributed by atoms with van der Waals surface area (Å²) < 4.78 is 0. The topological polar surface area (TPSA) is 24.9 Å². The predicted octanol–water partition coefficient (Wildman–Crippen LogP) is 4.13. The van der Waals surface area contributed by atoms with E-state index in [1.807, 2.05) is 18.5 Å². The van der Waals surface area contributed by atoms with Crippen molar-refractivity contribution in [3.8, 4) is 0 Å². The second-order valence-electron chi connectivity index (χ2n) is 5.28. The number of pyridine rings is 1. The first-order valence-corrected chi connectivity index (χ1v) is 7.48. The predicted molar refractivity (Wildman–Crippen MR) is 88.3 cm³/mol. The van der Waals surface area contributed by atoms with Gasteiger partial charge in [0.1, 0.15) is 0 Å². The average Bonchev–Trinajstić information content (AvgIpc) is 2.55. The molecule has 0 saturated heterocycles. The van der Waals surface area contributed by atoms with Crippen molar-refractivity contribution in [2.75, 3.05) is 6.54 Å². The Balaban J connectivity index is 1.91. The molecule has 0 bridgehead atoms. The third-order valence-corrected chi connectivity index (χ3v) is 3.79. The van der Waals surface area contributed by atoms with Crippen LogP contribution in [0.3, 0.4) is 0 Å². The van der Waals surface area contributed by atoms with Crippen molar-refractivity contribution in [3.63, 3.8) is 0 Å². The summed E-state index contributed by atoms with van der Waals surface area (Å²) in [6, 6.07) is 19.7. The van der Waals surface area contributed by atoms with Crippen LogP contribution in [0.25, 0.3) is 10.8 Å². The Bertz CT molecular complexity index is 707. The molecular weight excluding hydrogens is 256 g/mol. The lowest BCUT2D eigenvalue weighted by Gasteiger charge is -2.19. The summed E-state index contributed by atoms with van der Waals surface area (Å²) in [5.41, 5.74) is 2.59. The van der Waals surface area contributed by atoms with Gasteiger partial charge < -0.3 is 5.32 Å². The molecule has 2 aromatic carbocycles. The van der Waals surface area contributed by atoms with E-state index in [0.717, 1.165) is 13.0 Å². The van der Waals surface area contributed by atoms with Crippen LogP contribution in [-0.4, -0.2) is 11.5 Å². The van der Waals surface area contributed by atoms with E-state index in [1.54, 1.807) is 0 Å². The highest BCUT2D eigenvalue weighted by molar-refractivity contribution is 5.83. The minimum Gasteiger partial charge on any atom is -0.310 e. The van der Waals surface area contributed by atoms with Gasteiger partial charge in [-0.25, -0.2) is 0 Å². The van der Waals surface area contributed by atoms with Crippen molar-refractivity contribution < 1.29 is 0 Å². The number of nitrogens with zero attached hydrogens (tertiary/aromatic N) is 1. The molecule has 3 aromatic rings. The van der Waals surface area contributed by atoms with Gasteiger partial charge in [0.2, 0.25) is 0 Å². The van der Waals surface area contributed by atoms with Crippen molar-refractivity contribution in [1.29, 1.82) is 0 Å². The summed E-state index contributed by atoms with van der Waals surface area (Å²) in [5, 5.41) is 6.17. The van der Waals surface area contributed by atoms with E-state index in [0.29, 0.717) is 6.04 Å². The number of fused-ring (bicyclic) bond motifs is 1. The molecule has 0 saturated carbocycles. The van der Waals surface area contributed by atoms with E-state index < -0.39 is 0 Å². The smallest absolute Gasteiger partial charge is 0.0361 e. The third-order valence-electron chi connectivity index (χ3n) is 3.79. The molecule has 0 radical (unpaired) electrons. The number of benzene rings is 2. The molecule has 0 aliphatic carbocycles. The molecule has 0 aliphatic rings. The number of nitrogens with one attached hydrogen (secondary N) is 1. The Morgan fingerprint density at radius 1 is 1.00 bits per heavy atom. The van der Waals surface area contributed by atoms with E-state index in [1.165, 1.54) is 21.9 Å². The Morgan fingerprint density at radius 2 is 1.86 bits per heavy atom. The number of aromatic nitrogens is 1. The van der Waals surface area contributed by atoms with Gasteiger partial charge in [-0.1, -0.05) is 49.4 Å². The van der Waals surface area contributed by atoms with Crippen LogP contribution in [0.5, 0.6) is 0 Å². The second kappa shape index (κ2) is 6.51. The summed E-state index contributed by atoms with van der Waals surface area (Å²) in [6.45, 7) is 3.11. The first-order chi connectivity index (χ1) is 10.4. The monoisotopic (exact) mass is 276 g/mol. The first-order valence-electron chi connectivity index (χ1n) is 7.48. The first kappa shape index (κ1) is 13.8. The highest BCUT2D eigenvalue weighted by atomic mass is 14.9. The fourth-order valence-corrected chi connectivity index (χ4v) is 2.73. The largest absolute Gasteiger partial charge is 0.310 e. The number of hydrogen-bond donors (Lipinski definition) is 1. The minimum atomic E-state index is 0.323. The number of likely N-dealkylation sites (N-methyl/N-ethyl adjacent to an activating group) is 1. The maximum Gasteiger partial charge on any atom is 0.0361 e. The molecule has 1 N–H and O–H groups in total. The molecule has 0 amide bonds. The van der Waals surface area contributed by atoms with Gasteiger partial charge in [-0.3, -0.25) is 4.98 Å².